The summed E-state index contributed by atoms with van der Waals surface area (Å²) in [5.41, 5.74) is 6.58. The van der Waals surface area contributed by atoms with Gasteiger partial charge >= 0.3 is 0 Å². The number of nitrogens with zero attached hydrogens (tertiary/aromatic N) is 3. The zero-order valence-corrected chi connectivity index (χ0v) is 13.5. The molecule has 25 heavy (non-hydrogen) atoms. The topological polar surface area (TPSA) is 50.2 Å². The summed E-state index contributed by atoms with van der Waals surface area (Å²) in [6.45, 7) is 0. The number of para-hydroxylation sites is 1. The lowest BCUT2D eigenvalue weighted by Crippen LogP contribution is -2.08. The molecule has 0 amide bonds. The summed E-state index contributed by atoms with van der Waals surface area (Å²) in [6.07, 6.45) is 1.77. The van der Waals surface area contributed by atoms with Crippen LogP contribution in [-0.2, 0) is 0 Å². The lowest BCUT2D eigenvalue weighted by Gasteiger charge is -2.08. The molecule has 0 saturated heterocycles. The number of anilines is 1. The van der Waals surface area contributed by atoms with Crippen molar-refractivity contribution in [3.63, 3.8) is 0 Å². The van der Waals surface area contributed by atoms with E-state index in [0.717, 1.165) is 27.9 Å². The van der Waals surface area contributed by atoms with E-state index < -0.39 is 0 Å². The minimum Gasteiger partial charge on any atom is -0.261 e. The van der Waals surface area contributed by atoms with Crippen molar-refractivity contribution in [2.75, 3.05) is 5.43 Å². The largest absolute Gasteiger partial charge is 0.261 e. The molecule has 0 aliphatic carbocycles. The van der Waals surface area contributed by atoms with E-state index in [2.05, 4.69) is 20.5 Å². The van der Waals surface area contributed by atoms with Gasteiger partial charge < -0.3 is 0 Å². The third kappa shape index (κ3) is 3.38. The first-order chi connectivity index (χ1) is 12.4. The van der Waals surface area contributed by atoms with Crippen molar-refractivity contribution in [1.29, 1.82) is 0 Å². The van der Waals surface area contributed by atoms with Gasteiger partial charge in [-0.3, -0.25) is 10.4 Å². The van der Waals surface area contributed by atoms with E-state index in [4.69, 9.17) is 0 Å². The highest BCUT2D eigenvalue weighted by atomic mass is 15.3. The van der Waals surface area contributed by atoms with E-state index >= 15 is 0 Å². The Labute approximate surface area is 145 Å². The Kier molecular flexibility index (Phi) is 4.16. The molecule has 4 rings (SSSR count). The maximum atomic E-state index is 4.60. The summed E-state index contributed by atoms with van der Waals surface area (Å²) in [6, 6.07) is 27.8. The molecule has 2 aromatic heterocycles. The van der Waals surface area contributed by atoms with E-state index in [1.807, 2.05) is 84.9 Å². The molecule has 4 heteroatoms. The molecule has 0 unspecified atom stereocenters. The highest BCUT2D eigenvalue weighted by molar-refractivity contribution is 6.11. The van der Waals surface area contributed by atoms with E-state index in [1.54, 1.807) is 6.20 Å². The van der Waals surface area contributed by atoms with Crippen molar-refractivity contribution in [3.05, 3.63) is 102 Å². The van der Waals surface area contributed by atoms with Crippen LogP contribution in [-0.4, -0.2) is 15.7 Å². The number of rotatable bonds is 4. The Morgan fingerprint density at radius 1 is 0.760 bits per heavy atom. The molecular weight excluding hydrogens is 308 g/mol. The first kappa shape index (κ1) is 15.0. The monoisotopic (exact) mass is 324 g/mol. The molecular formula is C21H16N4. The summed E-state index contributed by atoms with van der Waals surface area (Å²) < 4.78 is 0. The normalized spacial score (nSPS) is 11.4. The van der Waals surface area contributed by atoms with Gasteiger partial charge in [0.2, 0.25) is 0 Å². The van der Waals surface area contributed by atoms with Gasteiger partial charge in [-0.05, 0) is 30.3 Å². The Hall–Kier alpha value is -3.53. The minimum absolute atomic E-state index is 0.697. The van der Waals surface area contributed by atoms with Gasteiger partial charge in [-0.15, -0.1) is 0 Å². The number of benzene rings is 2. The fraction of sp³-hybridized carbons (Fsp3) is 0. The van der Waals surface area contributed by atoms with Crippen LogP contribution in [0.5, 0.6) is 0 Å². The number of hydrogen-bond donors (Lipinski definition) is 1. The Morgan fingerprint density at radius 2 is 1.56 bits per heavy atom. The molecule has 120 valence electrons. The van der Waals surface area contributed by atoms with Crippen LogP contribution in [0.1, 0.15) is 11.3 Å². The van der Waals surface area contributed by atoms with Crippen LogP contribution in [0.2, 0.25) is 0 Å². The van der Waals surface area contributed by atoms with E-state index in [1.165, 1.54) is 0 Å². The van der Waals surface area contributed by atoms with Gasteiger partial charge in [-0.25, -0.2) is 4.98 Å². The van der Waals surface area contributed by atoms with Crippen molar-refractivity contribution >= 4 is 22.4 Å². The lowest BCUT2D eigenvalue weighted by molar-refractivity contribution is 1.22. The number of nitrogens with one attached hydrogen (secondary N) is 1. The molecule has 4 nitrogen and oxygen atoms in total. The predicted octanol–water partition coefficient (Wildman–Crippen LogP) is 4.49. The minimum atomic E-state index is 0.697. The summed E-state index contributed by atoms with van der Waals surface area (Å²) >= 11 is 0. The Balaban J connectivity index is 1.71. The lowest BCUT2D eigenvalue weighted by atomic mass is 10.1. The third-order valence-electron chi connectivity index (χ3n) is 3.84. The zero-order chi connectivity index (χ0) is 16.9. The molecule has 0 aliphatic heterocycles. The molecule has 0 aliphatic rings. The van der Waals surface area contributed by atoms with Gasteiger partial charge in [0, 0.05) is 17.1 Å². The highest BCUT2D eigenvalue weighted by Gasteiger charge is 2.08. The molecule has 0 fully saturated rings. The molecule has 0 saturated carbocycles. The number of fused-ring (bicyclic) bond motifs is 1. The van der Waals surface area contributed by atoms with Gasteiger partial charge in [0.15, 0.2) is 0 Å². The number of pyridine rings is 2. The zero-order valence-electron chi connectivity index (χ0n) is 13.5. The SMILES string of the molecule is c1ccc(/C(=N\Nc2ccc3ccccc3n2)c2ccccn2)cc1. The van der Waals surface area contributed by atoms with Gasteiger partial charge in [-0.1, -0.05) is 54.6 Å². The molecule has 0 atom stereocenters. The van der Waals surface area contributed by atoms with Crippen LogP contribution in [0.3, 0.4) is 0 Å². The molecule has 0 bridgehead atoms. The molecule has 1 N–H and O–H groups in total. The van der Waals surface area contributed by atoms with Crippen molar-refractivity contribution in [2.24, 2.45) is 5.10 Å². The number of hydrogen-bond acceptors (Lipinski definition) is 4. The van der Waals surface area contributed by atoms with Crippen molar-refractivity contribution in [3.8, 4) is 0 Å². The molecule has 4 aromatic rings. The maximum absolute atomic E-state index is 4.60. The number of aromatic nitrogens is 2. The summed E-state index contributed by atoms with van der Waals surface area (Å²) in [5.74, 6) is 0.697. The quantitative estimate of drug-likeness (QED) is 0.444. The summed E-state index contributed by atoms with van der Waals surface area (Å²) in [5, 5.41) is 5.68. The fourth-order valence-corrected chi connectivity index (χ4v) is 2.61. The Morgan fingerprint density at radius 3 is 2.40 bits per heavy atom. The first-order valence-electron chi connectivity index (χ1n) is 8.06. The fourth-order valence-electron chi connectivity index (χ4n) is 2.61. The van der Waals surface area contributed by atoms with Crippen LogP contribution in [0, 0.1) is 0 Å². The number of hydrazone groups is 1. The second kappa shape index (κ2) is 6.93. The van der Waals surface area contributed by atoms with Gasteiger partial charge in [0.25, 0.3) is 0 Å². The Bertz CT molecular complexity index is 970. The molecule has 2 aromatic carbocycles. The van der Waals surface area contributed by atoms with Crippen molar-refractivity contribution < 1.29 is 0 Å². The van der Waals surface area contributed by atoms with E-state index in [-0.39, 0.29) is 0 Å². The van der Waals surface area contributed by atoms with Gasteiger partial charge in [0.05, 0.1) is 11.2 Å². The average Bonchev–Trinajstić information content (AvgIpc) is 2.70. The van der Waals surface area contributed by atoms with Crippen LogP contribution < -0.4 is 5.43 Å². The van der Waals surface area contributed by atoms with Gasteiger partial charge in [-0.2, -0.15) is 5.10 Å². The van der Waals surface area contributed by atoms with Crippen molar-refractivity contribution in [1.82, 2.24) is 9.97 Å². The maximum Gasteiger partial charge on any atom is 0.146 e. The highest BCUT2D eigenvalue weighted by Crippen LogP contribution is 2.15. The third-order valence-corrected chi connectivity index (χ3v) is 3.84. The standard InChI is InChI=1S/C21H16N4/c1-2-9-17(10-3-1)21(19-12-6-7-15-22-19)25-24-20-14-13-16-8-4-5-11-18(16)23-20/h1-15H,(H,23,24)/b25-21+. The van der Waals surface area contributed by atoms with Crippen molar-refractivity contribution in [2.45, 2.75) is 0 Å². The van der Waals surface area contributed by atoms with Gasteiger partial charge in [0.1, 0.15) is 11.5 Å². The van der Waals surface area contributed by atoms with Crippen LogP contribution in [0.4, 0.5) is 5.82 Å². The second-order valence-electron chi connectivity index (χ2n) is 5.54. The molecule has 0 spiro atoms. The second-order valence-corrected chi connectivity index (χ2v) is 5.54. The summed E-state index contributed by atoms with van der Waals surface area (Å²) in [4.78, 5) is 9.02. The van der Waals surface area contributed by atoms with E-state index in [9.17, 15) is 0 Å². The molecule has 2 heterocycles. The predicted molar refractivity (Wildman–Crippen MR) is 102 cm³/mol. The first-order valence-corrected chi connectivity index (χ1v) is 8.06. The van der Waals surface area contributed by atoms with Crippen LogP contribution >= 0.6 is 0 Å². The average molecular weight is 324 g/mol. The summed E-state index contributed by atoms with van der Waals surface area (Å²) in [7, 11) is 0. The smallest absolute Gasteiger partial charge is 0.146 e. The van der Waals surface area contributed by atoms with Crippen LogP contribution in [0.15, 0.2) is 96.2 Å². The van der Waals surface area contributed by atoms with Crippen LogP contribution in [0.25, 0.3) is 10.9 Å². The molecule has 0 radical (unpaired) electrons. The van der Waals surface area contributed by atoms with E-state index in [0.29, 0.717) is 5.82 Å².